The number of ether oxygens (including phenoxy) is 1. The van der Waals surface area contributed by atoms with Crippen LogP contribution in [0.1, 0.15) is 45.2 Å². The van der Waals surface area contributed by atoms with Crippen LogP contribution in [0.25, 0.3) is 0 Å². The second kappa shape index (κ2) is 7.75. The van der Waals surface area contributed by atoms with Crippen LogP contribution < -0.4 is 0 Å². The van der Waals surface area contributed by atoms with Gasteiger partial charge in [-0.2, -0.15) is 0 Å². The lowest BCUT2D eigenvalue weighted by molar-refractivity contribution is 0.0585. The molecule has 1 aromatic rings. The van der Waals surface area contributed by atoms with E-state index in [1.54, 1.807) is 6.92 Å². The van der Waals surface area contributed by atoms with Crippen molar-refractivity contribution in [2.24, 2.45) is 0 Å². The molecule has 0 saturated carbocycles. The van der Waals surface area contributed by atoms with Crippen molar-refractivity contribution in [1.82, 2.24) is 5.16 Å². The number of hydrogen-bond acceptors (Lipinski definition) is 8. The first-order chi connectivity index (χ1) is 9.92. The van der Waals surface area contributed by atoms with Crippen LogP contribution in [0.15, 0.2) is 15.5 Å². The summed E-state index contributed by atoms with van der Waals surface area (Å²) >= 11 is 1.28. The first-order valence-corrected chi connectivity index (χ1v) is 6.96. The third-order valence-corrected chi connectivity index (χ3v) is 3.36. The number of carbonyl (C=O) groups is 3. The standard InChI is InChI=1S/C13H15NO6S/c1-7(21-5-4-15)6-9(17)12-10(8(2)16)11(14-20-12)13(18)19-3/h6,15H,4-5H2,1-3H3/b7-6+. The van der Waals surface area contributed by atoms with Crippen molar-refractivity contribution in [3.63, 3.8) is 0 Å². The maximum Gasteiger partial charge on any atom is 0.361 e. The van der Waals surface area contributed by atoms with E-state index in [1.165, 1.54) is 24.8 Å². The van der Waals surface area contributed by atoms with Crippen LogP contribution in [0, 0.1) is 0 Å². The predicted octanol–water partition coefficient (Wildman–Crippen LogP) is 1.48. The Morgan fingerprint density at radius 1 is 1.38 bits per heavy atom. The molecule has 0 amide bonds. The fourth-order valence-electron chi connectivity index (χ4n) is 1.52. The molecule has 0 aliphatic rings. The molecule has 0 bridgehead atoms. The number of hydrogen-bond donors (Lipinski definition) is 1. The minimum atomic E-state index is -0.849. The van der Waals surface area contributed by atoms with Crippen LogP contribution in [0.4, 0.5) is 0 Å². The van der Waals surface area contributed by atoms with Crippen molar-refractivity contribution in [1.29, 1.82) is 0 Å². The van der Waals surface area contributed by atoms with E-state index in [0.29, 0.717) is 10.7 Å². The molecular formula is C13H15NO6S. The molecule has 1 rings (SSSR count). The smallest absolute Gasteiger partial charge is 0.361 e. The zero-order chi connectivity index (χ0) is 16.0. The quantitative estimate of drug-likeness (QED) is 0.458. The first kappa shape index (κ1) is 17.1. The lowest BCUT2D eigenvalue weighted by Crippen LogP contribution is -2.10. The zero-order valence-electron chi connectivity index (χ0n) is 11.8. The molecule has 0 aliphatic carbocycles. The van der Waals surface area contributed by atoms with Gasteiger partial charge in [0.25, 0.3) is 0 Å². The summed E-state index contributed by atoms with van der Waals surface area (Å²) in [6.07, 6.45) is 1.26. The van der Waals surface area contributed by atoms with Crippen LogP contribution in [-0.4, -0.2) is 47.3 Å². The number of esters is 1. The molecule has 114 valence electrons. The molecule has 8 heteroatoms. The Kier molecular flexibility index (Phi) is 6.32. The average Bonchev–Trinajstić information content (AvgIpc) is 2.89. The number of thioether (sulfide) groups is 1. The van der Waals surface area contributed by atoms with Crippen LogP contribution in [0.5, 0.6) is 0 Å². The summed E-state index contributed by atoms with van der Waals surface area (Å²) in [6, 6.07) is 0. The molecule has 0 atom stereocenters. The first-order valence-electron chi connectivity index (χ1n) is 5.97. The average molecular weight is 313 g/mol. The fraction of sp³-hybridized carbons (Fsp3) is 0.385. The largest absolute Gasteiger partial charge is 0.464 e. The van der Waals surface area contributed by atoms with E-state index in [1.807, 2.05) is 0 Å². The summed E-state index contributed by atoms with van der Waals surface area (Å²) in [4.78, 5) is 35.8. The highest BCUT2D eigenvalue weighted by atomic mass is 32.2. The van der Waals surface area contributed by atoms with E-state index in [4.69, 9.17) is 9.63 Å². The van der Waals surface area contributed by atoms with Gasteiger partial charge in [-0.3, -0.25) is 9.59 Å². The summed E-state index contributed by atoms with van der Waals surface area (Å²) < 4.78 is 9.30. The Balaban J connectivity index is 3.13. The number of aliphatic hydroxyl groups excluding tert-OH is 1. The summed E-state index contributed by atoms with van der Waals surface area (Å²) in [5.74, 6) is -1.80. The maximum atomic E-state index is 12.1. The van der Waals surface area contributed by atoms with Gasteiger partial charge in [0.15, 0.2) is 5.78 Å². The molecular weight excluding hydrogens is 298 g/mol. The molecule has 0 aliphatic heterocycles. The number of aromatic nitrogens is 1. The third kappa shape index (κ3) is 4.27. The topological polar surface area (TPSA) is 107 Å². The minimum absolute atomic E-state index is 0.0163. The van der Waals surface area contributed by atoms with Crippen LogP contribution in [0.2, 0.25) is 0 Å². The molecule has 7 nitrogen and oxygen atoms in total. The summed E-state index contributed by atoms with van der Waals surface area (Å²) in [7, 11) is 1.14. The Bertz CT molecular complexity index is 589. The predicted molar refractivity (Wildman–Crippen MR) is 75.5 cm³/mol. The van der Waals surface area contributed by atoms with Gasteiger partial charge in [0.2, 0.25) is 17.2 Å². The van der Waals surface area contributed by atoms with Gasteiger partial charge in [-0.1, -0.05) is 5.16 Å². The second-order valence-electron chi connectivity index (χ2n) is 3.97. The van der Waals surface area contributed by atoms with E-state index in [-0.39, 0.29) is 23.6 Å². The van der Waals surface area contributed by atoms with Gasteiger partial charge in [-0.25, -0.2) is 4.79 Å². The number of allylic oxidation sites excluding steroid dienone is 2. The minimum Gasteiger partial charge on any atom is -0.464 e. The molecule has 0 spiro atoms. The molecule has 0 unspecified atom stereocenters. The molecule has 1 N–H and O–H groups in total. The van der Waals surface area contributed by atoms with E-state index >= 15 is 0 Å². The number of rotatable bonds is 7. The SMILES string of the molecule is COC(=O)c1noc(C(=O)/C=C(\C)SCCO)c1C(C)=O. The van der Waals surface area contributed by atoms with Crippen molar-refractivity contribution < 1.29 is 28.8 Å². The van der Waals surface area contributed by atoms with E-state index in [2.05, 4.69) is 9.89 Å². The summed E-state index contributed by atoms with van der Waals surface area (Å²) in [5.41, 5.74) is -0.509. The lowest BCUT2D eigenvalue weighted by atomic mass is 10.1. The van der Waals surface area contributed by atoms with Crippen molar-refractivity contribution in [3.05, 3.63) is 28.0 Å². The zero-order valence-corrected chi connectivity index (χ0v) is 12.7. The van der Waals surface area contributed by atoms with Gasteiger partial charge >= 0.3 is 5.97 Å². The Morgan fingerprint density at radius 3 is 2.57 bits per heavy atom. The van der Waals surface area contributed by atoms with Gasteiger partial charge in [-0.05, 0) is 24.8 Å². The van der Waals surface area contributed by atoms with Crippen LogP contribution in [0.3, 0.4) is 0 Å². The van der Waals surface area contributed by atoms with Gasteiger partial charge in [-0.15, -0.1) is 11.8 Å². The number of ketones is 2. The number of aliphatic hydroxyl groups is 1. The molecule has 0 radical (unpaired) electrons. The van der Waals surface area contributed by atoms with Crippen LogP contribution in [-0.2, 0) is 4.74 Å². The van der Waals surface area contributed by atoms with Gasteiger partial charge in [0.1, 0.15) is 5.56 Å². The fourth-order valence-corrected chi connectivity index (χ4v) is 2.12. The highest BCUT2D eigenvalue weighted by Gasteiger charge is 2.28. The monoisotopic (exact) mass is 313 g/mol. The summed E-state index contributed by atoms with van der Waals surface area (Å²) in [5, 5.41) is 12.1. The normalized spacial score (nSPS) is 11.3. The van der Waals surface area contributed by atoms with Crippen molar-refractivity contribution in [2.75, 3.05) is 19.5 Å². The molecule has 1 aromatic heterocycles. The van der Waals surface area contributed by atoms with E-state index < -0.39 is 17.5 Å². The molecule has 21 heavy (non-hydrogen) atoms. The van der Waals surface area contributed by atoms with Crippen LogP contribution >= 0.6 is 11.8 Å². The Morgan fingerprint density at radius 2 is 2.05 bits per heavy atom. The number of Topliss-reactive ketones (excluding diaryl/α,β-unsaturated/α-hetero) is 1. The van der Waals surface area contributed by atoms with E-state index in [0.717, 1.165) is 7.11 Å². The number of methoxy groups -OCH3 is 1. The van der Waals surface area contributed by atoms with E-state index in [9.17, 15) is 14.4 Å². The molecule has 1 heterocycles. The Labute approximate surface area is 125 Å². The van der Waals surface area contributed by atoms with Crippen molar-refractivity contribution in [2.45, 2.75) is 13.8 Å². The lowest BCUT2D eigenvalue weighted by Gasteiger charge is -1.99. The molecule has 0 saturated heterocycles. The summed E-state index contributed by atoms with van der Waals surface area (Å²) in [6.45, 7) is 2.87. The number of carbonyl (C=O) groups excluding carboxylic acids is 3. The highest BCUT2D eigenvalue weighted by Crippen LogP contribution is 2.20. The van der Waals surface area contributed by atoms with Crippen molar-refractivity contribution in [3.8, 4) is 0 Å². The van der Waals surface area contributed by atoms with Gasteiger partial charge in [0, 0.05) is 5.75 Å². The maximum absolute atomic E-state index is 12.1. The Hall–Kier alpha value is -1.93. The number of nitrogens with zero attached hydrogens (tertiary/aromatic N) is 1. The van der Waals surface area contributed by atoms with Gasteiger partial charge < -0.3 is 14.4 Å². The molecule has 0 aromatic carbocycles. The van der Waals surface area contributed by atoms with Crippen molar-refractivity contribution >= 4 is 29.3 Å². The second-order valence-corrected chi connectivity index (χ2v) is 5.32. The van der Waals surface area contributed by atoms with Gasteiger partial charge in [0.05, 0.1) is 13.7 Å². The highest BCUT2D eigenvalue weighted by molar-refractivity contribution is 8.03. The molecule has 0 fully saturated rings. The third-order valence-electron chi connectivity index (χ3n) is 2.40.